The summed E-state index contributed by atoms with van der Waals surface area (Å²) in [5.74, 6) is 0.401. The van der Waals surface area contributed by atoms with Gasteiger partial charge < -0.3 is 10.0 Å². The van der Waals surface area contributed by atoms with E-state index in [-0.39, 0.29) is 17.9 Å². The van der Waals surface area contributed by atoms with Crippen LogP contribution >= 0.6 is 11.6 Å². The largest absolute Gasteiger partial charge is 0.393 e. The first-order chi connectivity index (χ1) is 9.47. The fourth-order valence-electron chi connectivity index (χ4n) is 2.61. The molecule has 1 amide bonds. The molecule has 3 nitrogen and oxygen atoms in total. The molecular formula is C16H22ClNO2. The molecule has 20 heavy (non-hydrogen) atoms. The summed E-state index contributed by atoms with van der Waals surface area (Å²) in [6, 6.07) is 5.95. The highest BCUT2D eigenvalue weighted by Crippen LogP contribution is 2.21. The molecule has 2 atom stereocenters. The first kappa shape index (κ1) is 15.3. The highest BCUT2D eigenvalue weighted by Gasteiger charge is 2.28. The Morgan fingerprint density at radius 1 is 1.55 bits per heavy atom. The van der Waals surface area contributed by atoms with Crippen LogP contribution in [0.5, 0.6) is 0 Å². The summed E-state index contributed by atoms with van der Waals surface area (Å²) in [5.41, 5.74) is 2.15. The molecule has 0 aliphatic carbocycles. The number of aryl methyl sites for hydroxylation is 2. The Kier molecular flexibility index (Phi) is 5.06. The number of carbonyl (C=O) groups excluding carboxylic acids is 1. The van der Waals surface area contributed by atoms with Crippen molar-refractivity contribution in [3.8, 4) is 0 Å². The molecule has 1 fully saturated rings. The standard InChI is InChI=1S/C16H22ClNO2/c1-11-3-4-13(9-15(11)17)5-6-16(20)18-8-7-14(10-18)12(2)19/h3-4,9,12,14,19H,5-8,10H2,1-2H3. The molecule has 0 bridgehead atoms. The van der Waals surface area contributed by atoms with Crippen molar-refractivity contribution in [2.75, 3.05) is 13.1 Å². The van der Waals surface area contributed by atoms with Crippen molar-refractivity contribution in [2.24, 2.45) is 5.92 Å². The van der Waals surface area contributed by atoms with Crippen LogP contribution in [0.4, 0.5) is 0 Å². The van der Waals surface area contributed by atoms with E-state index in [9.17, 15) is 9.90 Å². The van der Waals surface area contributed by atoms with Gasteiger partial charge in [0.1, 0.15) is 0 Å². The van der Waals surface area contributed by atoms with Gasteiger partial charge >= 0.3 is 0 Å². The summed E-state index contributed by atoms with van der Waals surface area (Å²) < 4.78 is 0. The van der Waals surface area contributed by atoms with Gasteiger partial charge in [-0.1, -0.05) is 23.7 Å². The molecule has 1 aromatic carbocycles. The maximum absolute atomic E-state index is 12.1. The molecule has 110 valence electrons. The fourth-order valence-corrected chi connectivity index (χ4v) is 2.81. The maximum Gasteiger partial charge on any atom is 0.222 e. The smallest absolute Gasteiger partial charge is 0.222 e. The van der Waals surface area contributed by atoms with Gasteiger partial charge in [0.25, 0.3) is 0 Å². The lowest BCUT2D eigenvalue weighted by atomic mass is 10.0. The van der Waals surface area contributed by atoms with Crippen molar-refractivity contribution in [2.45, 2.75) is 39.2 Å². The Labute approximate surface area is 125 Å². The Morgan fingerprint density at radius 3 is 2.90 bits per heavy atom. The zero-order valence-corrected chi connectivity index (χ0v) is 12.9. The molecule has 1 aliphatic rings. The zero-order chi connectivity index (χ0) is 14.7. The molecule has 0 saturated carbocycles. The minimum atomic E-state index is -0.330. The van der Waals surface area contributed by atoms with Crippen LogP contribution in [0.15, 0.2) is 18.2 Å². The SMILES string of the molecule is Cc1ccc(CCC(=O)N2CCC(C(C)O)C2)cc1Cl. The number of carbonyl (C=O) groups is 1. The van der Waals surface area contributed by atoms with Gasteiger partial charge in [-0.3, -0.25) is 4.79 Å². The Morgan fingerprint density at radius 2 is 2.30 bits per heavy atom. The van der Waals surface area contributed by atoms with Gasteiger partial charge in [0.2, 0.25) is 5.91 Å². The topological polar surface area (TPSA) is 40.5 Å². The lowest BCUT2D eigenvalue weighted by Gasteiger charge is -2.17. The molecule has 0 aromatic heterocycles. The number of aliphatic hydroxyl groups excluding tert-OH is 1. The number of halogens is 1. The van der Waals surface area contributed by atoms with E-state index < -0.39 is 0 Å². The first-order valence-corrected chi connectivity index (χ1v) is 7.56. The van der Waals surface area contributed by atoms with Crippen molar-refractivity contribution in [3.05, 3.63) is 34.3 Å². The van der Waals surface area contributed by atoms with Crippen LogP contribution in [0.25, 0.3) is 0 Å². The molecule has 4 heteroatoms. The minimum absolute atomic E-state index is 0.171. The average Bonchev–Trinajstić information content (AvgIpc) is 2.89. The van der Waals surface area contributed by atoms with Gasteiger partial charge in [0, 0.05) is 30.5 Å². The highest BCUT2D eigenvalue weighted by molar-refractivity contribution is 6.31. The Balaban J connectivity index is 1.85. The fraction of sp³-hybridized carbons (Fsp3) is 0.562. The second-order valence-corrected chi connectivity index (χ2v) is 6.12. The third kappa shape index (κ3) is 3.74. The number of hydrogen-bond donors (Lipinski definition) is 1. The quantitative estimate of drug-likeness (QED) is 0.928. The molecule has 1 N–H and O–H groups in total. The second-order valence-electron chi connectivity index (χ2n) is 5.71. The van der Waals surface area contributed by atoms with Gasteiger partial charge in [-0.15, -0.1) is 0 Å². The van der Waals surface area contributed by atoms with E-state index >= 15 is 0 Å². The van der Waals surface area contributed by atoms with E-state index in [0.29, 0.717) is 19.4 Å². The van der Waals surface area contributed by atoms with Crippen molar-refractivity contribution in [3.63, 3.8) is 0 Å². The predicted octanol–water partition coefficient (Wildman–Crippen LogP) is 2.81. The number of hydrogen-bond acceptors (Lipinski definition) is 2. The number of likely N-dealkylation sites (tertiary alicyclic amines) is 1. The van der Waals surface area contributed by atoms with Gasteiger partial charge in [-0.05, 0) is 43.9 Å². The average molecular weight is 296 g/mol. The molecule has 0 radical (unpaired) electrons. The molecule has 1 heterocycles. The maximum atomic E-state index is 12.1. The van der Waals surface area contributed by atoms with Crippen LogP contribution in [0.1, 0.15) is 30.9 Å². The number of rotatable bonds is 4. The van der Waals surface area contributed by atoms with E-state index in [1.807, 2.05) is 30.0 Å². The number of benzene rings is 1. The predicted molar refractivity (Wildman–Crippen MR) is 80.9 cm³/mol. The van der Waals surface area contributed by atoms with Crippen LogP contribution in [0.3, 0.4) is 0 Å². The van der Waals surface area contributed by atoms with Crippen molar-refractivity contribution in [1.29, 1.82) is 0 Å². The normalized spacial score (nSPS) is 20.2. The Bertz CT molecular complexity index is 487. The molecule has 1 saturated heterocycles. The number of aliphatic hydroxyl groups is 1. The van der Waals surface area contributed by atoms with Crippen LogP contribution < -0.4 is 0 Å². The van der Waals surface area contributed by atoms with E-state index in [4.69, 9.17) is 11.6 Å². The van der Waals surface area contributed by atoms with E-state index in [2.05, 4.69) is 0 Å². The third-order valence-electron chi connectivity index (χ3n) is 4.12. The van der Waals surface area contributed by atoms with Crippen molar-refractivity contribution >= 4 is 17.5 Å². The van der Waals surface area contributed by atoms with Gasteiger partial charge in [-0.25, -0.2) is 0 Å². The minimum Gasteiger partial charge on any atom is -0.393 e. The van der Waals surface area contributed by atoms with E-state index in [0.717, 1.165) is 29.1 Å². The summed E-state index contributed by atoms with van der Waals surface area (Å²) in [6.45, 7) is 5.22. The number of nitrogens with zero attached hydrogens (tertiary/aromatic N) is 1. The van der Waals surface area contributed by atoms with Gasteiger partial charge in [0.15, 0.2) is 0 Å². The van der Waals surface area contributed by atoms with Crippen LogP contribution in [-0.4, -0.2) is 35.1 Å². The van der Waals surface area contributed by atoms with Crippen molar-refractivity contribution in [1.82, 2.24) is 4.90 Å². The summed E-state index contributed by atoms with van der Waals surface area (Å²) in [4.78, 5) is 14.0. The summed E-state index contributed by atoms with van der Waals surface area (Å²) in [5, 5.41) is 10.3. The van der Waals surface area contributed by atoms with Crippen LogP contribution in [-0.2, 0) is 11.2 Å². The highest BCUT2D eigenvalue weighted by atomic mass is 35.5. The molecule has 2 unspecified atom stereocenters. The summed E-state index contributed by atoms with van der Waals surface area (Å²) in [6.07, 6.45) is 1.80. The Hall–Kier alpha value is -1.06. The zero-order valence-electron chi connectivity index (χ0n) is 12.1. The summed E-state index contributed by atoms with van der Waals surface area (Å²) in [7, 11) is 0. The molecule has 1 aromatic rings. The van der Waals surface area contributed by atoms with E-state index in [1.165, 1.54) is 0 Å². The van der Waals surface area contributed by atoms with Gasteiger partial charge in [-0.2, -0.15) is 0 Å². The molecule has 2 rings (SSSR count). The van der Waals surface area contributed by atoms with Crippen molar-refractivity contribution < 1.29 is 9.90 Å². The first-order valence-electron chi connectivity index (χ1n) is 7.18. The number of amides is 1. The molecular weight excluding hydrogens is 274 g/mol. The second kappa shape index (κ2) is 6.59. The van der Waals surface area contributed by atoms with Crippen LogP contribution in [0, 0.1) is 12.8 Å². The summed E-state index contributed by atoms with van der Waals surface area (Å²) >= 11 is 6.09. The molecule has 1 aliphatic heterocycles. The molecule has 0 spiro atoms. The van der Waals surface area contributed by atoms with E-state index in [1.54, 1.807) is 6.92 Å². The van der Waals surface area contributed by atoms with Gasteiger partial charge in [0.05, 0.1) is 6.10 Å². The lowest BCUT2D eigenvalue weighted by molar-refractivity contribution is -0.130. The monoisotopic (exact) mass is 295 g/mol. The lowest BCUT2D eigenvalue weighted by Crippen LogP contribution is -2.30. The third-order valence-corrected chi connectivity index (χ3v) is 4.53. The van der Waals surface area contributed by atoms with Crippen LogP contribution in [0.2, 0.25) is 5.02 Å².